The molecule has 1 atom stereocenters. The van der Waals surface area contributed by atoms with Crippen LogP contribution in [0.3, 0.4) is 0 Å². The summed E-state index contributed by atoms with van der Waals surface area (Å²) in [6, 6.07) is 13.0. The minimum atomic E-state index is -3.16. The van der Waals surface area contributed by atoms with Gasteiger partial charge in [0.25, 0.3) is 5.91 Å². The Morgan fingerprint density at radius 3 is 2.24 bits per heavy atom. The van der Waals surface area contributed by atoms with Crippen molar-refractivity contribution < 1.29 is 32.6 Å². The molecule has 0 spiro atoms. The van der Waals surface area contributed by atoms with Gasteiger partial charge in [-0.3, -0.25) is 9.69 Å². The number of ether oxygens (including phenoxy) is 1. The molecule has 2 N–H and O–H groups in total. The molecule has 0 radical (unpaired) electrons. The quantitative estimate of drug-likeness (QED) is 0.411. The standard InChI is InChI=1S/C36H47BrN6O7S/c37-30-23-25(5-8-32(30)44)24-33(34(45)40-21-19-39(20-22-40)27-12-16-42(17-13-27)51(48,49)29-6-7-29)50-36(47)41-14-10-28(11-15-41)43-18-9-26-3-1-2-4-31(26)38-35(43)46/h1-5,8,23,27-29,33,44H,6-7,9-22,24H2,(H,38,46)/t33-/m1/s1. The summed E-state index contributed by atoms with van der Waals surface area (Å²) >= 11 is 3.35. The number of piperidine rings is 2. The number of phenols is 1. The van der Waals surface area contributed by atoms with Gasteiger partial charge in [-0.1, -0.05) is 24.3 Å². The monoisotopic (exact) mass is 786 g/mol. The van der Waals surface area contributed by atoms with Gasteiger partial charge in [-0.15, -0.1) is 0 Å². The number of carbonyl (C=O) groups is 3. The number of anilines is 1. The molecule has 4 fully saturated rings. The fourth-order valence-electron chi connectivity index (χ4n) is 7.91. The van der Waals surface area contributed by atoms with Crippen LogP contribution < -0.4 is 5.32 Å². The van der Waals surface area contributed by atoms with E-state index in [2.05, 4.69) is 26.1 Å². The minimum absolute atomic E-state index is 0.0127. The van der Waals surface area contributed by atoms with E-state index in [4.69, 9.17) is 4.74 Å². The topological polar surface area (TPSA) is 143 Å². The highest BCUT2D eigenvalue weighted by Gasteiger charge is 2.42. The molecule has 0 unspecified atom stereocenters. The Morgan fingerprint density at radius 1 is 0.863 bits per heavy atom. The predicted molar refractivity (Wildman–Crippen MR) is 195 cm³/mol. The van der Waals surface area contributed by atoms with Crippen molar-refractivity contribution in [3.8, 4) is 5.75 Å². The van der Waals surface area contributed by atoms with Crippen LogP contribution in [-0.4, -0.2) is 138 Å². The zero-order valence-electron chi connectivity index (χ0n) is 28.8. The van der Waals surface area contributed by atoms with E-state index >= 15 is 0 Å². The maximum atomic E-state index is 14.0. The second-order valence-corrected chi connectivity index (χ2v) is 17.4. The molecule has 13 nitrogen and oxygen atoms in total. The van der Waals surface area contributed by atoms with Crippen LogP contribution in [-0.2, 0) is 32.4 Å². The molecular weight excluding hydrogens is 740 g/mol. The zero-order chi connectivity index (χ0) is 35.7. The number of nitrogens with one attached hydrogen (secondary N) is 1. The van der Waals surface area contributed by atoms with E-state index in [-0.39, 0.29) is 41.4 Å². The normalized spacial score (nSPS) is 22.2. The van der Waals surface area contributed by atoms with Crippen molar-refractivity contribution >= 4 is 49.7 Å². The summed E-state index contributed by atoms with van der Waals surface area (Å²) in [5.41, 5.74) is 2.68. The summed E-state index contributed by atoms with van der Waals surface area (Å²) < 4.78 is 33.5. The van der Waals surface area contributed by atoms with Crippen LogP contribution in [0.2, 0.25) is 0 Å². The molecule has 4 aliphatic heterocycles. The van der Waals surface area contributed by atoms with Crippen LogP contribution >= 0.6 is 15.9 Å². The average Bonchev–Trinajstić information content (AvgIpc) is 4.01. The number of nitrogens with zero attached hydrogens (tertiary/aromatic N) is 5. The second kappa shape index (κ2) is 15.3. The zero-order valence-corrected chi connectivity index (χ0v) is 31.2. The Hall–Kier alpha value is -3.40. The third kappa shape index (κ3) is 8.16. The summed E-state index contributed by atoms with van der Waals surface area (Å²) in [5, 5.41) is 12.9. The number of likely N-dealkylation sites (tertiary alicyclic amines) is 1. The van der Waals surface area contributed by atoms with Gasteiger partial charge < -0.3 is 29.9 Å². The second-order valence-electron chi connectivity index (χ2n) is 14.3. The molecule has 276 valence electrons. The molecule has 2 aromatic carbocycles. The first-order valence-corrected chi connectivity index (χ1v) is 20.5. The first-order chi connectivity index (χ1) is 24.6. The molecule has 1 aliphatic carbocycles. The minimum Gasteiger partial charge on any atom is -0.507 e. The number of halogens is 1. The molecule has 0 aromatic heterocycles. The largest absolute Gasteiger partial charge is 0.507 e. The van der Waals surface area contributed by atoms with Crippen LogP contribution in [0.1, 0.15) is 49.7 Å². The first-order valence-electron chi connectivity index (χ1n) is 18.2. The maximum absolute atomic E-state index is 14.0. The van der Waals surface area contributed by atoms with Gasteiger partial charge in [0.1, 0.15) is 5.75 Å². The molecule has 4 amide bonds. The van der Waals surface area contributed by atoms with Gasteiger partial charge in [-0.05, 0) is 90.2 Å². The third-order valence-corrected chi connectivity index (χ3v) is 14.2. The van der Waals surface area contributed by atoms with Gasteiger partial charge in [0, 0.05) is 83.1 Å². The van der Waals surface area contributed by atoms with Crippen molar-refractivity contribution in [1.82, 2.24) is 23.9 Å². The number of aromatic hydroxyl groups is 1. The van der Waals surface area contributed by atoms with Crippen molar-refractivity contribution in [2.24, 2.45) is 0 Å². The number of rotatable bonds is 8. The highest BCUT2D eigenvalue weighted by atomic mass is 79.9. The van der Waals surface area contributed by atoms with Crippen LogP contribution in [0.25, 0.3) is 0 Å². The molecule has 7 rings (SSSR count). The Kier molecular flexibility index (Phi) is 10.8. The molecule has 3 saturated heterocycles. The van der Waals surface area contributed by atoms with E-state index in [1.54, 1.807) is 32.3 Å². The maximum Gasteiger partial charge on any atom is 0.410 e. The number of fused-ring (bicyclic) bond motifs is 1. The van der Waals surface area contributed by atoms with Crippen LogP contribution in [0.5, 0.6) is 5.75 Å². The van der Waals surface area contributed by atoms with Crippen molar-refractivity contribution in [3.05, 3.63) is 58.1 Å². The molecular formula is C36H47BrN6O7S. The van der Waals surface area contributed by atoms with Gasteiger partial charge in [0.05, 0.1) is 9.72 Å². The molecule has 5 aliphatic rings. The van der Waals surface area contributed by atoms with Crippen LogP contribution in [0.15, 0.2) is 46.9 Å². The number of carbonyl (C=O) groups excluding carboxylic acids is 3. The van der Waals surface area contributed by atoms with Gasteiger partial charge >= 0.3 is 12.1 Å². The van der Waals surface area contributed by atoms with Crippen molar-refractivity contribution in [1.29, 1.82) is 0 Å². The van der Waals surface area contributed by atoms with Crippen molar-refractivity contribution in [2.45, 2.75) is 74.8 Å². The molecule has 51 heavy (non-hydrogen) atoms. The lowest BCUT2D eigenvalue weighted by Crippen LogP contribution is -2.57. The summed E-state index contributed by atoms with van der Waals surface area (Å²) in [5.74, 6) is -0.177. The number of sulfonamides is 1. The van der Waals surface area contributed by atoms with Gasteiger partial charge in [0.2, 0.25) is 10.0 Å². The van der Waals surface area contributed by atoms with Crippen molar-refractivity contribution in [3.63, 3.8) is 0 Å². The summed E-state index contributed by atoms with van der Waals surface area (Å²) in [4.78, 5) is 48.3. The Balaban J connectivity index is 0.945. The van der Waals surface area contributed by atoms with E-state index < -0.39 is 22.2 Å². The van der Waals surface area contributed by atoms with Crippen LogP contribution in [0, 0.1) is 0 Å². The lowest BCUT2D eigenvalue weighted by Gasteiger charge is -2.43. The third-order valence-electron chi connectivity index (χ3n) is 11.1. The predicted octanol–water partition coefficient (Wildman–Crippen LogP) is 3.86. The number of para-hydroxylation sites is 1. The molecule has 1 saturated carbocycles. The van der Waals surface area contributed by atoms with Crippen molar-refractivity contribution in [2.75, 3.05) is 64.2 Å². The van der Waals surface area contributed by atoms with E-state index in [0.29, 0.717) is 76.2 Å². The van der Waals surface area contributed by atoms with Gasteiger partial charge in [0.15, 0.2) is 6.10 Å². The Morgan fingerprint density at radius 2 is 1.55 bits per heavy atom. The smallest absolute Gasteiger partial charge is 0.410 e. The molecule has 2 aromatic rings. The Labute approximate surface area is 308 Å². The molecule has 15 heteroatoms. The van der Waals surface area contributed by atoms with E-state index in [1.165, 1.54) is 0 Å². The number of hydrogen-bond acceptors (Lipinski definition) is 8. The fraction of sp³-hybridized carbons (Fsp3) is 0.583. The van der Waals surface area contributed by atoms with E-state index in [0.717, 1.165) is 48.9 Å². The molecule has 0 bridgehead atoms. The van der Waals surface area contributed by atoms with Gasteiger partial charge in [-0.2, -0.15) is 0 Å². The van der Waals surface area contributed by atoms with Gasteiger partial charge in [-0.25, -0.2) is 22.3 Å². The number of piperazine rings is 1. The SMILES string of the molecule is O=C(O[C@H](Cc1ccc(O)c(Br)c1)C(=O)N1CCN(C2CCN(S(=O)(=O)C3CC3)CC2)CC1)N1CCC(N2CCc3ccccc3NC2=O)CC1. The first kappa shape index (κ1) is 36.0. The Bertz CT molecular complexity index is 1720. The van der Waals surface area contributed by atoms with E-state index in [9.17, 15) is 27.9 Å². The molecule has 4 heterocycles. The lowest BCUT2D eigenvalue weighted by atomic mass is 10.0. The summed E-state index contributed by atoms with van der Waals surface area (Å²) in [6.45, 7) is 4.81. The summed E-state index contributed by atoms with van der Waals surface area (Å²) in [6.07, 6.45) is 3.62. The number of phenolic OH excluding ortho intramolecular Hbond substituents is 1. The number of amides is 4. The lowest BCUT2D eigenvalue weighted by molar-refractivity contribution is -0.143. The number of benzene rings is 2. The highest BCUT2D eigenvalue weighted by molar-refractivity contribution is 9.10. The highest BCUT2D eigenvalue weighted by Crippen LogP contribution is 2.33. The van der Waals surface area contributed by atoms with Crippen LogP contribution in [0.4, 0.5) is 15.3 Å². The van der Waals surface area contributed by atoms with E-state index in [1.807, 2.05) is 29.2 Å². The average molecular weight is 788 g/mol. The number of urea groups is 1. The number of hydrogen-bond donors (Lipinski definition) is 2. The summed E-state index contributed by atoms with van der Waals surface area (Å²) in [7, 11) is -3.16. The fourth-order valence-corrected chi connectivity index (χ4v) is 10.2.